The van der Waals surface area contributed by atoms with E-state index < -0.39 is 9.84 Å². The second-order valence-corrected chi connectivity index (χ2v) is 7.57. The molecule has 0 aliphatic carbocycles. The first-order chi connectivity index (χ1) is 9.88. The third-order valence-corrected chi connectivity index (χ3v) is 5.84. The monoisotopic (exact) mass is 331 g/mol. The normalized spacial score (nSPS) is 11.1. The van der Waals surface area contributed by atoms with Gasteiger partial charge in [-0.25, -0.2) is 8.42 Å². The summed E-state index contributed by atoms with van der Waals surface area (Å²) in [5.74, 6) is -0.425. The van der Waals surface area contributed by atoms with E-state index >= 15 is 0 Å². The van der Waals surface area contributed by atoms with Gasteiger partial charge in [-0.05, 0) is 6.42 Å². The topological polar surface area (TPSA) is 101 Å². The summed E-state index contributed by atoms with van der Waals surface area (Å²) >= 11 is 1.05. The van der Waals surface area contributed by atoms with Crippen LogP contribution in [0.25, 0.3) is 0 Å². The van der Waals surface area contributed by atoms with Gasteiger partial charge in [0.25, 0.3) is 5.91 Å². The molecule has 0 radical (unpaired) electrons. The molecule has 8 heteroatoms. The number of hydrogen-bond donors (Lipinski definition) is 3. The molecular formula is C13H21N3O3S2. The molecule has 0 aliphatic heterocycles. The molecule has 1 heterocycles. The van der Waals surface area contributed by atoms with E-state index in [1.165, 1.54) is 0 Å². The second-order valence-electron chi connectivity index (χ2n) is 4.33. The molecule has 1 amide bonds. The van der Waals surface area contributed by atoms with Crippen LogP contribution in [0, 0.1) is 0 Å². The lowest BCUT2D eigenvalue weighted by molar-refractivity contribution is 0.0958. The Bertz CT molecular complexity index is 621. The summed E-state index contributed by atoms with van der Waals surface area (Å²) in [5, 5.41) is 6.03. The van der Waals surface area contributed by atoms with Gasteiger partial charge in [-0.3, -0.25) is 4.79 Å². The molecule has 0 saturated heterocycles. The van der Waals surface area contributed by atoms with Crippen molar-refractivity contribution < 1.29 is 13.2 Å². The van der Waals surface area contributed by atoms with Crippen molar-refractivity contribution >= 4 is 37.8 Å². The maximum atomic E-state index is 12.2. The number of rotatable bonds is 8. The largest absolute Gasteiger partial charge is 0.396 e. The lowest BCUT2D eigenvalue weighted by Crippen LogP contribution is -2.24. The van der Waals surface area contributed by atoms with Gasteiger partial charge in [-0.2, -0.15) is 0 Å². The maximum absolute atomic E-state index is 12.2. The average Bonchev–Trinajstić information content (AvgIpc) is 2.80. The molecule has 0 atom stereocenters. The Kier molecular flexibility index (Phi) is 6.22. The van der Waals surface area contributed by atoms with Crippen molar-refractivity contribution in [2.45, 2.75) is 25.2 Å². The molecule has 0 aliphatic rings. The van der Waals surface area contributed by atoms with Crippen molar-refractivity contribution in [3.8, 4) is 0 Å². The average molecular weight is 331 g/mol. The number of nitrogen functional groups attached to an aromatic ring is 1. The van der Waals surface area contributed by atoms with Gasteiger partial charge < -0.3 is 16.4 Å². The van der Waals surface area contributed by atoms with E-state index in [1.54, 1.807) is 13.0 Å². The molecule has 1 aromatic rings. The van der Waals surface area contributed by atoms with Crippen LogP contribution in [0.5, 0.6) is 0 Å². The summed E-state index contributed by atoms with van der Waals surface area (Å²) in [6.45, 7) is 7.96. The van der Waals surface area contributed by atoms with Gasteiger partial charge in [-0.15, -0.1) is 17.9 Å². The van der Waals surface area contributed by atoms with Crippen molar-refractivity contribution in [3.63, 3.8) is 0 Å². The van der Waals surface area contributed by atoms with Gasteiger partial charge in [0.1, 0.15) is 14.8 Å². The molecule has 0 aromatic carbocycles. The Morgan fingerprint density at radius 2 is 2.10 bits per heavy atom. The van der Waals surface area contributed by atoms with E-state index in [1.807, 2.05) is 6.92 Å². The fourth-order valence-electron chi connectivity index (χ4n) is 1.65. The number of thiophene rings is 1. The Labute approximate surface area is 129 Å². The lowest BCUT2D eigenvalue weighted by atomic mass is 10.3. The van der Waals surface area contributed by atoms with Crippen LogP contribution in [0.15, 0.2) is 17.6 Å². The van der Waals surface area contributed by atoms with Crippen molar-refractivity contribution in [3.05, 3.63) is 17.5 Å². The number of anilines is 2. The van der Waals surface area contributed by atoms with Gasteiger partial charge in [0.15, 0.2) is 9.84 Å². The first-order valence-electron chi connectivity index (χ1n) is 6.66. The van der Waals surface area contributed by atoms with E-state index in [4.69, 9.17) is 5.73 Å². The summed E-state index contributed by atoms with van der Waals surface area (Å²) in [6.07, 6.45) is 2.40. The quantitative estimate of drug-likeness (QED) is 0.631. The first-order valence-corrected chi connectivity index (χ1v) is 9.13. The fourth-order valence-corrected chi connectivity index (χ4v) is 4.24. The fraction of sp³-hybridized carbons (Fsp3) is 0.462. The van der Waals surface area contributed by atoms with Crippen molar-refractivity contribution in [2.24, 2.45) is 0 Å². The van der Waals surface area contributed by atoms with E-state index in [2.05, 4.69) is 17.2 Å². The summed E-state index contributed by atoms with van der Waals surface area (Å²) in [5.41, 5.74) is 5.93. The highest BCUT2D eigenvalue weighted by atomic mass is 32.2. The Balaban J connectivity index is 3.30. The smallest absolute Gasteiger partial charge is 0.263 e. The van der Waals surface area contributed by atoms with Crippen LogP contribution in [0.4, 0.5) is 10.7 Å². The molecule has 0 saturated carbocycles. The minimum Gasteiger partial charge on any atom is -0.396 e. The highest BCUT2D eigenvalue weighted by molar-refractivity contribution is 7.91. The van der Waals surface area contributed by atoms with Crippen LogP contribution in [0.1, 0.15) is 29.9 Å². The van der Waals surface area contributed by atoms with Crippen LogP contribution in [-0.4, -0.2) is 33.2 Å². The zero-order valence-corrected chi connectivity index (χ0v) is 13.9. The lowest BCUT2D eigenvalue weighted by Gasteiger charge is -2.06. The van der Waals surface area contributed by atoms with Crippen molar-refractivity contribution in [2.75, 3.05) is 29.9 Å². The molecule has 6 nitrogen and oxygen atoms in total. The summed E-state index contributed by atoms with van der Waals surface area (Å²) in [7, 11) is -3.51. The van der Waals surface area contributed by atoms with Crippen LogP contribution in [0.2, 0.25) is 0 Å². The molecule has 0 bridgehead atoms. The molecule has 1 aromatic heterocycles. The van der Waals surface area contributed by atoms with Crippen LogP contribution < -0.4 is 16.4 Å². The van der Waals surface area contributed by atoms with Gasteiger partial charge in [-0.1, -0.05) is 19.9 Å². The van der Waals surface area contributed by atoms with Crippen molar-refractivity contribution in [1.29, 1.82) is 0 Å². The predicted octanol–water partition coefficient (Wildman–Crippen LogP) is 1.86. The van der Waals surface area contributed by atoms with Gasteiger partial charge in [0, 0.05) is 13.1 Å². The van der Waals surface area contributed by atoms with Crippen LogP contribution in [0.3, 0.4) is 0 Å². The highest BCUT2D eigenvalue weighted by Crippen LogP contribution is 2.39. The van der Waals surface area contributed by atoms with Gasteiger partial charge >= 0.3 is 0 Å². The molecule has 21 heavy (non-hydrogen) atoms. The maximum Gasteiger partial charge on any atom is 0.263 e. The highest BCUT2D eigenvalue weighted by Gasteiger charge is 2.28. The number of carbonyl (C=O) groups is 1. The molecule has 0 unspecified atom stereocenters. The molecule has 4 N–H and O–H groups in total. The summed E-state index contributed by atoms with van der Waals surface area (Å²) < 4.78 is 24.4. The third-order valence-electron chi connectivity index (χ3n) is 2.74. The van der Waals surface area contributed by atoms with E-state index in [9.17, 15) is 13.2 Å². The minimum atomic E-state index is -3.51. The molecule has 0 fully saturated rings. The number of sulfone groups is 1. The zero-order valence-electron chi connectivity index (χ0n) is 12.2. The van der Waals surface area contributed by atoms with Gasteiger partial charge in [0.2, 0.25) is 0 Å². The van der Waals surface area contributed by atoms with Crippen molar-refractivity contribution in [1.82, 2.24) is 5.32 Å². The number of hydrogen-bond acceptors (Lipinski definition) is 6. The Morgan fingerprint density at radius 3 is 2.62 bits per heavy atom. The van der Waals surface area contributed by atoms with Crippen LogP contribution >= 0.6 is 11.3 Å². The molecule has 1 rings (SSSR count). The number of nitrogens with one attached hydrogen (secondary N) is 2. The predicted molar refractivity (Wildman–Crippen MR) is 87.8 cm³/mol. The second kappa shape index (κ2) is 7.46. The number of nitrogens with two attached hydrogens (primary N) is 1. The van der Waals surface area contributed by atoms with Crippen LogP contribution in [-0.2, 0) is 9.84 Å². The molecule has 118 valence electrons. The van der Waals surface area contributed by atoms with Gasteiger partial charge in [0.05, 0.1) is 11.4 Å². The summed E-state index contributed by atoms with van der Waals surface area (Å²) in [6, 6.07) is 0. The first kappa shape index (κ1) is 17.5. The summed E-state index contributed by atoms with van der Waals surface area (Å²) in [4.78, 5) is 12.3. The van der Waals surface area contributed by atoms with E-state index in [0.29, 0.717) is 18.1 Å². The minimum absolute atomic E-state index is 0.0125. The number of carbonyl (C=O) groups excluding carboxylic acids is 1. The Morgan fingerprint density at radius 1 is 1.43 bits per heavy atom. The number of amides is 1. The van der Waals surface area contributed by atoms with E-state index in [0.717, 1.165) is 17.8 Å². The molecule has 0 spiro atoms. The zero-order chi connectivity index (χ0) is 16.0. The Hall–Kier alpha value is -1.54. The molecular weight excluding hydrogens is 310 g/mol. The SMILES string of the molecule is C=CCNc1sc(C(=O)NCCC)c(N)c1S(=O)(=O)CC. The standard InChI is InChI=1S/C13H21N3O3S2/c1-4-7-15-12(17)10-9(14)11(21(18,19)6-3)13(20-10)16-8-5-2/h5,16H,2,4,6-8,14H2,1,3H3,(H,15,17). The third kappa shape index (κ3) is 3.98. The van der Waals surface area contributed by atoms with E-state index in [-0.39, 0.29) is 27.1 Å².